The van der Waals surface area contributed by atoms with Crippen LogP contribution in [0.25, 0.3) is 10.1 Å². The number of ether oxygens (including phenoxy) is 3. The minimum absolute atomic E-state index is 0.0934. The van der Waals surface area contributed by atoms with Crippen LogP contribution in [0, 0.1) is 11.8 Å². The van der Waals surface area contributed by atoms with Crippen LogP contribution in [0.4, 0.5) is 4.39 Å². The Morgan fingerprint density at radius 2 is 2.05 bits per heavy atom. The van der Waals surface area contributed by atoms with Crippen molar-refractivity contribution < 1.29 is 28.2 Å². The maximum absolute atomic E-state index is 15.3. The van der Waals surface area contributed by atoms with Crippen molar-refractivity contribution in [2.75, 3.05) is 6.61 Å². The van der Waals surface area contributed by atoms with Crippen molar-refractivity contribution in [3.63, 3.8) is 0 Å². The van der Waals surface area contributed by atoms with Crippen molar-refractivity contribution >= 4 is 33.2 Å². The molecule has 1 aromatic carbocycles. The molecule has 1 aliphatic carbocycles. The van der Waals surface area contributed by atoms with E-state index in [1.807, 2.05) is 50.3 Å². The number of ketones is 1. The molecule has 5 atom stereocenters. The Morgan fingerprint density at radius 3 is 2.82 bits per heavy atom. The van der Waals surface area contributed by atoms with Crippen LogP contribution in [0.15, 0.2) is 54.6 Å². The Bertz CT molecular complexity index is 1080. The molecule has 38 heavy (non-hydrogen) atoms. The quantitative estimate of drug-likeness (QED) is 0.0909. The standard InChI is InChI=1S/C31H39FO5S/c1-21(2)36-30(34)14-6-4-3-5-12-24-23(25(32)20-27(24)37-31-15-9-10-18-35-31)16-17-26(33)29-19-22-11-7-8-13-28(22)38-29/h3,5,7-8,11,13,16-17,19,21,23-25,27,31H,4,6,9-10,12,14-15,18,20H2,1-2H3/b5-3+,17-16+/t23-,24-,25+,27+,31?/m1/s1. The number of thiophene rings is 1. The summed E-state index contributed by atoms with van der Waals surface area (Å²) in [5, 5.41) is 1.04. The third-order valence-corrected chi connectivity index (χ3v) is 8.27. The number of carbonyl (C=O) groups is 2. The lowest BCUT2D eigenvalue weighted by atomic mass is 9.90. The number of alkyl halides is 1. The summed E-state index contributed by atoms with van der Waals surface area (Å²) in [6.07, 6.45) is 11.3. The molecule has 2 aromatic rings. The SMILES string of the molecule is CC(C)OC(=O)CCC/C=C/C[C@@H]1[C@@H](/C=C/C(=O)c2cc3ccccc3s2)[C@@H](F)C[C@@H]1OC1CCCCO1. The molecule has 1 saturated carbocycles. The number of rotatable bonds is 12. The number of halogens is 1. The second kappa shape index (κ2) is 14.2. The van der Waals surface area contributed by atoms with Gasteiger partial charge in [-0.1, -0.05) is 36.4 Å². The van der Waals surface area contributed by atoms with Crippen molar-refractivity contribution in [1.82, 2.24) is 0 Å². The highest BCUT2D eigenvalue weighted by Gasteiger charge is 2.43. The lowest BCUT2D eigenvalue weighted by Gasteiger charge is -2.29. The minimum atomic E-state index is -1.08. The van der Waals surface area contributed by atoms with Crippen molar-refractivity contribution in [1.29, 1.82) is 0 Å². The van der Waals surface area contributed by atoms with E-state index in [2.05, 4.69) is 6.08 Å². The van der Waals surface area contributed by atoms with Crippen LogP contribution in [0.2, 0.25) is 0 Å². The molecule has 0 spiro atoms. The second-order valence-corrected chi connectivity index (χ2v) is 11.6. The van der Waals surface area contributed by atoms with Crippen LogP contribution in [0.5, 0.6) is 0 Å². The van der Waals surface area contributed by atoms with Gasteiger partial charge < -0.3 is 14.2 Å². The number of fused-ring (bicyclic) bond motifs is 1. The number of hydrogen-bond acceptors (Lipinski definition) is 6. The molecule has 5 nitrogen and oxygen atoms in total. The van der Waals surface area contributed by atoms with Gasteiger partial charge in [0.15, 0.2) is 12.1 Å². The summed E-state index contributed by atoms with van der Waals surface area (Å²) in [4.78, 5) is 25.3. The van der Waals surface area contributed by atoms with Crippen LogP contribution in [0.3, 0.4) is 0 Å². The zero-order valence-corrected chi connectivity index (χ0v) is 23.2. The number of carbonyl (C=O) groups excluding carboxylic acids is 2. The Hall–Kier alpha value is -2.35. The van der Waals surface area contributed by atoms with E-state index in [0.717, 1.165) is 35.8 Å². The topological polar surface area (TPSA) is 61.8 Å². The molecule has 4 rings (SSSR count). The van der Waals surface area contributed by atoms with Gasteiger partial charge in [-0.25, -0.2) is 4.39 Å². The number of benzene rings is 1. The highest BCUT2D eigenvalue weighted by molar-refractivity contribution is 7.21. The first-order chi connectivity index (χ1) is 18.4. The van der Waals surface area contributed by atoms with Gasteiger partial charge in [0.1, 0.15) is 6.17 Å². The van der Waals surface area contributed by atoms with E-state index in [1.54, 1.807) is 12.2 Å². The third-order valence-electron chi connectivity index (χ3n) is 7.14. The zero-order valence-electron chi connectivity index (χ0n) is 22.4. The largest absolute Gasteiger partial charge is 0.463 e. The molecule has 0 radical (unpaired) electrons. The first-order valence-electron chi connectivity index (χ1n) is 13.9. The van der Waals surface area contributed by atoms with E-state index in [4.69, 9.17) is 14.2 Å². The number of allylic oxidation sites excluding steroid dienone is 4. The molecule has 206 valence electrons. The highest BCUT2D eigenvalue weighted by Crippen LogP contribution is 2.41. The lowest BCUT2D eigenvalue weighted by molar-refractivity contribution is -0.195. The average molecular weight is 543 g/mol. The lowest BCUT2D eigenvalue weighted by Crippen LogP contribution is -2.31. The van der Waals surface area contributed by atoms with E-state index in [0.29, 0.717) is 37.2 Å². The van der Waals surface area contributed by atoms with Gasteiger partial charge in [0.2, 0.25) is 0 Å². The van der Waals surface area contributed by atoms with Gasteiger partial charge in [0.25, 0.3) is 0 Å². The van der Waals surface area contributed by atoms with Crippen LogP contribution in [-0.2, 0) is 19.0 Å². The molecule has 1 aromatic heterocycles. The van der Waals surface area contributed by atoms with Gasteiger partial charge in [0.05, 0.1) is 17.1 Å². The van der Waals surface area contributed by atoms with Crippen LogP contribution in [0.1, 0.15) is 74.9 Å². The maximum Gasteiger partial charge on any atom is 0.306 e. The monoisotopic (exact) mass is 542 g/mol. The Balaban J connectivity index is 1.39. The highest BCUT2D eigenvalue weighted by atomic mass is 32.1. The second-order valence-electron chi connectivity index (χ2n) is 10.5. The van der Waals surface area contributed by atoms with Crippen molar-refractivity contribution in [2.24, 2.45) is 11.8 Å². The average Bonchev–Trinajstić information content (AvgIpc) is 3.45. The Kier molecular flexibility index (Phi) is 10.7. The van der Waals surface area contributed by atoms with E-state index in [-0.39, 0.29) is 36.2 Å². The van der Waals surface area contributed by atoms with Crippen LogP contribution in [-0.4, -0.2) is 43.0 Å². The molecule has 0 bridgehead atoms. The van der Waals surface area contributed by atoms with Gasteiger partial charge >= 0.3 is 5.97 Å². The fraction of sp³-hybridized carbons (Fsp3) is 0.548. The molecule has 0 N–H and O–H groups in total. The molecule has 1 saturated heterocycles. The van der Waals surface area contributed by atoms with Crippen molar-refractivity contribution in [3.05, 3.63) is 59.5 Å². The zero-order chi connectivity index (χ0) is 26.9. The first kappa shape index (κ1) is 28.7. The summed E-state index contributed by atoms with van der Waals surface area (Å²) in [5.41, 5.74) is 0. The molecule has 2 fully saturated rings. The first-order valence-corrected chi connectivity index (χ1v) is 14.7. The van der Waals surface area contributed by atoms with E-state index in [1.165, 1.54) is 11.3 Å². The van der Waals surface area contributed by atoms with Crippen molar-refractivity contribution in [2.45, 2.75) is 89.9 Å². The third kappa shape index (κ3) is 8.08. The molecular weight excluding hydrogens is 503 g/mol. The number of unbranched alkanes of at least 4 members (excludes halogenated alkanes) is 1. The van der Waals surface area contributed by atoms with Gasteiger partial charge in [-0.3, -0.25) is 9.59 Å². The Morgan fingerprint density at radius 1 is 1.21 bits per heavy atom. The molecule has 7 heteroatoms. The van der Waals surface area contributed by atoms with E-state index >= 15 is 4.39 Å². The Labute approximate surface area is 229 Å². The maximum atomic E-state index is 15.3. The summed E-state index contributed by atoms with van der Waals surface area (Å²) >= 11 is 1.46. The summed E-state index contributed by atoms with van der Waals surface area (Å²) in [7, 11) is 0. The fourth-order valence-electron chi connectivity index (χ4n) is 5.25. The molecular formula is C31H39FO5S. The molecule has 1 unspecified atom stereocenters. The van der Waals surface area contributed by atoms with Gasteiger partial charge in [-0.05, 0) is 81.9 Å². The summed E-state index contributed by atoms with van der Waals surface area (Å²) in [6.45, 7) is 4.36. The summed E-state index contributed by atoms with van der Waals surface area (Å²) < 4.78 is 33.6. The normalized spacial score (nSPS) is 26.2. The van der Waals surface area contributed by atoms with Crippen LogP contribution >= 0.6 is 11.3 Å². The molecule has 0 amide bonds. The predicted octanol–water partition coefficient (Wildman–Crippen LogP) is 7.59. The molecule has 1 aliphatic heterocycles. The minimum Gasteiger partial charge on any atom is -0.463 e. The molecule has 2 aliphatic rings. The van der Waals surface area contributed by atoms with Crippen LogP contribution < -0.4 is 0 Å². The van der Waals surface area contributed by atoms with Gasteiger partial charge in [-0.2, -0.15) is 0 Å². The molecule has 2 heterocycles. The smallest absolute Gasteiger partial charge is 0.306 e. The summed E-state index contributed by atoms with van der Waals surface area (Å²) in [5.74, 6) is -0.781. The summed E-state index contributed by atoms with van der Waals surface area (Å²) in [6, 6.07) is 9.81. The number of esters is 1. The predicted molar refractivity (Wildman–Crippen MR) is 149 cm³/mol. The van der Waals surface area contributed by atoms with Gasteiger partial charge in [-0.15, -0.1) is 11.3 Å². The van der Waals surface area contributed by atoms with E-state index < -0.39 is 12.1 Å². The van der Waals surface area contributed by atoms with E-state index in [9.17, 15) is 9.59 Å². The number of hydrogen-bond donors (Lipinski definition) is 0. The fourth-order valence-corrected chi connectivity index (χ4v) is 6.24. The van der Waals surface area contributed by atoms with Gasteiger partial charge in [0, 0.05) is 30.1 Å². The van der Waals surface area contributed by atoms with Crippen molar-refractivity contribution in [3.8, 4) is 0 Å².